The maximum atomic E-state index is 12.5. The molecule has 7 heteroatoms. The van der Waals surface area contributed by atoms with E-state index in [9.17, 15) is 4.79 Å². The van der Waals surface area contributed by atoms with Crippen LogP contribution in [0, 0.1) is 0 Å². The average molecular weight is 329 g/mol. The zero-order chi connectivity index (χ0) is 16.1. The summed E-state index contributed by atoms with van der Waals surface area (Å²) in [5.74, 6) is 1.00. The first-order valence-electron chi connectivity index (χ1n) is 7.59. The van der Waals surface area contributed by atoms with Gasteiger partial charge in [-0.25, -0.2) is 9.97 Å². The number of thioether (sulfide) groups is 1. The van der Waals surface area contributed by atoms with Gasteiger partial charge in [0.2, 0.25) is 0 Å². The van der Waals surface area contributed by atoms with Gasteiger partial charge in [-0.3, -0.25) is 9.78 Å². The van der Waals surface area contributed by atoms with E-state index in [1.54, 1.807) is 30.7 Å². The van der Waals surface area contributed by atoms with Crippen LogP contribution in [0.5, 0.6) is 0 Å². The third kappa shape index (κ3) is 3.79. The minimum Gasteiger partial charge on any atom is -0.355 e. The molecule has 1 fully saturated rings. The first-order valence-corrected chi connectivity index (χ1v) is 8.81. The molecule has 3 heterocycles. The lowest BCUT2D eigenvalue weighted by atomic mass is 10.2. The normalized spacial score (nSPS) is 15.3. The number of anilines is 1. The summed E-state index contributed by atoms with van der Waals surface area (Å²) in [4.78, 5) is 29.4. The number of hydrogen-bond donors (Lipinski definition) is 0. The molecule has 6 nitrogen and oxygen atoms in total. The van der Waals surface area contributed by atoms with Gasteiger partial charge < -0.3 is 9.80 Å². The zero-order valence-electron chi connectivity index (χ0n) is 13.1. The predicted octanol–water partition coefficient (Wildman–Crippen LogP) is 1.95. The van der Waals surface area contributed by atoms with Crippen LogP contribution < -0.4 is 4.90 Å². The second kappa shape index (κ2) is 7.41. The molecule has 0 aromatic carbocycles. The van der Waals surface area contributed by atoms with Crippen LogP contribution in [0.3, 0.4) is 0 Å². The molecule has 2 aromatic rings. The summed E-state index contributed by atoms with van der Waals surface area (Å²) < 4.78 is 0. The Kier molecular flexibility index (Phi) is 5.07. The van der Waals surface area contributed by atoms with E-state index in [1.165, 1.54) is 11.8 Å². The molecule has 0 spiro atoms. The number of nitrogens with zero attached hydrogens (tertiary/aromatic N) is 5. The molecule has 0 saturated carbocycles. The lowest BCUT2D eigenvalue weighted by Crippen LogP contribution is -2.35. The number of carbonyl (C=O) groups is 1. The highest BCUT2D eigenvalue weighted by atomic mass is 32.2. The Labute approximate surface area is 140 Å². The molecule has 0 atom stereocenters. The maximum absolute atomic E-state index is 12.5. The summed E-state index contributed by atoms with van der Waals surface area (Å²) in [6.45, 7) is 3.13. The molecule has 2 aromatic heterocycles. The van der Waals surface area contributed by atoms with E-state index >= 15 is 0 Å². The Morgan fingerprint density at radius 2 is 1.91 bits per heavy atom. The zero-order valence-corrected chi connectivity index (χ0v) is 13.9. The third-order valence-electron chi connectivity index (χ3n) is 3.84. The summed E-state index contributed by atoms with van der Waals surface area (Å²) >= 11 is 1.54. The Balaban J connectivity index is 1.68. The van der Waals surface area contributed by atoms with Gasteiger partial charge in [-0.2, -0.15) is 0 Å². The highest BCUT2D eigenvalue weighted by molar-refractivity contribution is 7.98. The highest BCUT2D eigenvalue weighted by Gasteiger charge is 2.21. The summed E-state index contributed by atoms with van der Waals surface area (Å²) in [7, 11) is 0. The molecule has 23 heavy (non-hydrogen) atoms. The van der Waals surface area contributed by atoms with Gasteiger partial charge in [0.25, 0.3) is 5.91 Å². The van der Waals surface area contributed by atoms with Gasteiger partial charge in [0.1, 0.15) is 5.82 Å². The first kappa shape index (κ1) is 15.7. The van der Waals surface area contributed by atoms with Crippen LogP contribution in [0.1, 0.15) is 16.8 Å². The quantitative estimate of drug-likeness (QED) is 0.633. The van der Waals surface area contributed by atoms with Crippen molar-refractivity contribution in [1.29, 1.82) is 0 Å². The lowest BCUT2D eigenvalue weighted by Gasteiger charge is -2.23. The third-order valence-corrected chi connectivity index (χ3v) is 4.40. The van der Waals surface area contributed by atoms with E-state index in [-0.39, 0.29) is 5.91 Å². The van der Waals surface area contributed by atoms with Gasteiger partial charge in [-0.05, 0) is 30.9 Å². The first-order chi connectivity index (χ1) is 11.3. The number of pyridine rings is 1. The van der Waals surface area contributed by atoms with Gasteiger partial charge in [0.15, 0.2) is 5.16 Å². The summed E-state index contributed by atoms with van der Waals surface area (Å²) in [6.07, 6.45) is 8.00. The van der Waals surface area contributed by atoms with Crippen LogP contribution in [-0.4, -0.2) is 58.2 Å². The molecular weight excluding hydrogens is 310 g/mol. The van der Waals surface area contributed by atoms with Crippen molar-refractivity contribution in [2.24, 2.45) is 0 Å². The van der Waals surface area contributed by atoms with Gasteiger partial charge in [-0.15, -0.1) is 0 Å². The average Bonchev–Trinajstić information content (AvgIpc) is 2.88. The van der Waals surface area contributed by atoms with E-state index < -0.39 is 0 Å². The van der Waals surface area contributed by atoms with Crippen molar-refractivity contribution in [3.8, 4) is 0 Å². The smallest absolute Gasteiger partial charge is 0.254 e. The number of hydrogen-bond acceptors (Lipinski definition) is 6. The van der Waals surface area contributed by atoms with E-state index in [4.69, 9.17) is 0 Å². The molecule has 0 unspecified atom stereocenters. The van der Waals surface area contributed by atoms with Crippen LogP contribution >= 0.6 is 11.8 Å². The molecule has 1 saturated heterocycles. The van der Waals surface area contributed by atoms with Crippen molar-refractivity contribution in [2.45, 2.75) is 11.6 Å². The van der Waals surface area contributed by atoms with Crippen molar-refractivity contribution >= 4 is 23.5 Å². The van der Waals surface area contributed by atoms with Crippen LogP contribution in [0.25, 0.3) is 0 Å². The molecule has 0 bridgehead atoms. The van der Waals surface area contributed by atoms with Crippen molar-refractivity contribution < 1.29 is 4.79 Å². The minimum atomic E-state index is 0.0711. The topological polar surface area (TPSA) is 62.2 Å². The monoisotopic (exact) mass is 329 g/mol. The van der Waals surface area contributed by atoms with Gasteiger partial charge in [0.05, 0.1) is 0 Å². The summed E-state index contributed by atoms with van der Waals surface area (Å²) in [5, 5.41) is 0.775. The highest BCUT2D eigenvalue weighted by Crippen LogP contribution is 2.17. The molecule has 0 aliphatic carbocycles. The lowest BCUT2D eigenvalue weighted by molar-refractivity contribution is 0.0767. The molecular formula is C16H19N5OS. The molecule has 120 valence electrons. The summed E-state index contributed by atoms with van der Waals surface area (Å²) in [5.41, 5.74) is 0.695. The van der Waals surface area contributed by atoms with Crippen LogP contribution in [0.15, 0.2) is 41.9 Å². The number of aromatic nitrogens is 3. The van der Waals surface area contributed by atoms with Crippen molar-refractivity contribution in [1.82, 2.24) is 19.9 Å². The molecule has 0 N–H and O–H groups in total. The Bertz CT molecular complexity index is 667. The van der Waals surface area contributed by atoms with E-state index in [0.29, 0.717) is 12.1 Å². The van der Waals surface area contributed by atoms with Crippen LogP contribution in [-0.2, 0) is 0 Å². The van der Waals surface area contributed by atoms with Crippen molar-refractivity contribution in [3.63, 3.8) is 0 Å². The Hall–Kier alpha value is -2.15. The van der Waals surface area contributed by atoms with Gasteiger partial charge >= 0.3 is 0 Å². The van der Waals surface area contributed by atoms with E-state index in [2.05, 4.69) is 19.9 Å². The minimum absolute atomic E-state index is 0.0711. The van der Waals surface area contributed by atoms with Gasteiger partial charge in [0, 0.05) is 50.3 Å². The molecule has 1 aliphatic rings. The molecule has 1 amide bonds. The fourth-order valence-corrected chi connectivity index (χ4v) is 2.98. The standard InChI is InChI=1S/C16H19N5OS/c1-23-16-18-8-5-14(19-16)20-9-2-10-21(12-11-20)15(22)13-3-6-17-7-4-13/h3-8H,2,9-12H2,1H3. The molecule has 0 radical (unpaired) electrons. The van der Waals surface area contributed by atoms with E-state index in [1.807, 2.05) is 17.2 Å². The molecule has 1 aliphatic heterocycles. The number of amides is 1. The number of carbonyl (C=O) groups excluding carboxylic acids is 1. The second-order valence-electron chi connectivity index (χ2n) is 5.27. The van der Waals surface area contributed by atoms with Crippen LogP contribution in [0.2, 0.25) is 0 Å². The largest absolute Gasteiger partial charge is 0.355 e. The fraction of sp³-hybridized carbons (Fsp3) is 0.375. The van der Waals surface area contributed by atoms with Crippen molar-refractivity contribution in [3.05, 3.63) is 42.4 Å². The van der Waals surface area contributed by atoms with Crippen molar-refractivity contribution in [2.75, 3.05) is 37.3 Å². The fourth-order valence-electron chi connectivity index (χ4n) is 2.63. The predicted molar refractivity (Wildman–Crippen MR) is 90.8 cm³/mol. The SMILES string of the molecule is CSc1nccc(N2CCCN(C(=O)c3ccncc3)CC2)n1. The van der Waals surface area contributed by atoms with Crippen LogP contribution in [0.4, 0.5) is 5.82 Å². The summed E-state index contributed by atoms with van der Waals surface area (Å²) in [6, 6.07) is 5.46. The van der Waals surface area contributed by atoms with E-state index in [0.717, 1.165) is 37.0 Å². The Morgan fingerprint density at radius 3 is 2.70 bits per heavy atom. The molecule has 3 rings (SSSR count). The van der Waals surface area contributed by atoms with Gasteiger partial charge in [-0.1, -0.05) is 11.8 Å². The second-order valence-corrected chi connectivity index (χ2v) is 6.04. The number of rotatable bonds is 3. The maximum Gasteiger partial charge on any atom is 0.254 e. The Morgan fingerprint density at radius 1 is 1.09 bits per heavy atom.